The predicted octanol–water partition coefficient (Wildman–Crippen LogP) is 3.45. The van der Waals surface area contributed by atoms with Crippen LogP contribution in [0, 0.1) is 5.92 Å². The average Bonchev–Trinajstić information content (AvgIpc) is 3.39. The number of nitrogens with zero attached hydrogens (tertiary/aromatic N) is 1. The molecule has 1 aliphatic carbocycles. The molecule has 1 heterocycles. The van der Waals surface area contributed by atoms with Crippen molar-refractivity contribution in [2.24, 2.45) is 5.92 Å². The number of benzene rings is 1. The lowest BCUT2D eigenvalue weighted by atomic mass is 10.2. The lowest BCUT2D eigenvalue weighted by Crippen LogP contribution is -2.50. The van der Waals surface area contributed by atoms with Crippen molar-refractivity contribution in [1.29, 1.82) is 0 Å². The van der Waals surface area contributed by atoms with E-state index < -0.39 is 0 Å². The van der Waals surface area contributed by atoms with Crippen molar-refractivity contribution in [3.05, 3.63) is 28.8 Å². The van der Waals surface area contributed by atoms with Crippen LogP contribution in [0.5, 0.6) is 5.75 Å². The molecule has 1 atom stereocenters. The van der Waals surface area contributed by atoms with Crippen molar-refractivity contribution < 1.29 is 14.3 Å². The normalized spacial score (nSPS) is 21.0. The number of halogens is 1. The summed E-state index contributed by atoms with van der Waals surface area (Å²) in [6.07, 6.45) is 2.71. The summed E-state index contributed by atoms with van der Waals surface area (Å²) in [5.41, 5.74) is 0.886. The Labute approximate surface area is 148 Å². The molecule has 132 valence electrons. The van der Waals surface area contributed by atoms with Crippen molar-refractivity contribution in [3.8, 4) is 5.75 Å². The Balaban J connectivity index is 1.58. The summed E-state index contributed by atoms with van der Waals surface area (Å²) in [5.74, 6) is 1.40. The highest BCUT2D eigenvalue weighted by Crippen LogP contribution is 2.35. The largest absolute Gasteiger partial charge is 0.491 e. The van der Waals surface area contributed by atoms with Crippen molar-refractivity contribution >= 4 is 17.6 Å². The fourth-order valence-electron chi connectivity index (χ4n) is 2.95. The molecule has 24 heavy (non-hydrogen) atoms. The zero-order valence-electron chi connectivity index (χ0n) is 14.3. The van der Waals surface area contributed by atoms with E-state index in [1.54, 1.807) is 6.07 Å². The maximum atomic E-state index is 12.5. The smallest absolute Gasteiger partial charge is 0.317 e. The van der Waals surface area contributed by atoms with E-state index in [9.17, 15) is 4.79 Å². The highest BCUT2D eigenvalue weighted by atomic mass is 35.5. The number of urea groups is 1. The molecule has 1 saturated heterocycles. The molecule has 0 aromatic heterocycles. The number of ether oxygens (including phenoxy) is 2. The Hall–Kier alpha value is -1.46. The number of hydrogen-bond donors (Lipinski definition) is 1. The fourth-order valence-corrected chi connectivity index (χ4v) is 3.15. The predicted molar refractivity (Wildman–Crippen MR) is 93.5 cm³/mol. The van der Waals surface area contributed by atoms with Gasteiger partial charge in [0.25, 0.3) is 0 Å². The lowest BCUT2D eigenvalue weighted by Gasteiger charge is -2.33. The molecule has 0 bridgehead atoms. The molecule has 2 aliphatic rings. The van der Waals surface area contributed by atoms with Gasteiger partial charge in [-0.3, -0.25) is 0 Å². The molecule has 1 aromatic rings. The van der Waals surface area contributed by atoms with Gasteiger partial charge in [-0.05, 0) is 50.8 Å². The first-order chi connectivity index (χ1) is 11.5. The molecule has 1 aromatic carbocycles. The lowest BCUT2D eigenvalue weighted by molar-refractivity contribution is -0.0252. The summed E-state index contributed by atoms with van der Waals surface area (Å²) in [7, 11) is 0. The standard InChI is InChI=1S/C18H25ClN2O3/c1-12(2)24-16-6-5-15(19)9-14(16)10-20-18(22)21-7-8-23-17(11-21)13-3-4-13/h5-6,9,12-13,17H,3-4,7-8,10-11H2,1-2H3,(H,20,22)/t17-/m1/s1. The zero-order chi connectivity index (χ0) is 17.1. The van der Waals surface area contributed by atoms with Gasteiger partial charge < -0.3 is 19.7 Å². The molecule has 1 aliphatic heterocycles. The first-order valence-corrected chi connectivity index (χ1v) is 9.00. The van der Waals surface area contributed by atoms with Crippen LogP contribution < -0.4 is 10.1 Å². The van der Waals surface area contributed by atoms with Crippen LogP contribution in [0.4, 0.5) is 4.79 Å². The van der Waals surface area contributed by atoms with Crippen molar-refractivity contribution in [2.75, 3.05) is 19.7 Å². The molecule has 0 spiro atoms. The second-order valence-corrected chi connectivity index (χ2v) is 7.21. The van der Waals surface area contributed by atoms with Crippen molar-refractivity contribution in [3.63, 3.8) is 0 Å². The van der Waals surface area contributed by atoms with Crippen molar-refractivity contribution in [2.45, 2.75) is 45.4 Å². The van der Waals surface area contributed by atoms with Gasteiger partial charge >= 0.3 is 6.03 Å². The molecule has 3 rings (SSSR count). The Morgan fingerprint density at radius 1 is 1.46 bits per heavy atom. The number of carbonyl (C=O) groups is 1. The van der Waals surface area contributed by atoms with Gasteiger partial charge in [0.15, 0.2) is 0 Å². The Bertz CT molecular complexity index is 590. The summed E-state index contributed by atoms with van der Waals surface area (Å²) in [5, 5.41) is 3.62. The molecule has 2 amide bonds. The minimum Gasteiger partial charge on any atom is -0.491 e. The second kappa shape index (κ2) is 7.62. The van der Waals surface area contributed by atoms with Gasteiger partial charge in [0.2, 0.25) is 0 Å². The molecule has 2 fully saturated rings. The number of amides is 2. The summed E-state index contributed by atoms with van der Waals surface area (Å²) in [4.78, 5) is 14.3. The van der Waals surface area contributed by atoms with E-state index in [1.807, 2.05) is 30.9 Å². The second-order valence-electron chi connectivity index (χ2n) is 6.77. The van der Waals surface area contributed by atoms with Crippen LogP contribution in [0.2, 0.25) is 5.02 Å². The first-order valence-electron chi connectivity index (χ1n) is 8.62. The quantitative estimate of drug-likeness (QED) is 0.883. The summed E-state index contributed by atoms with van der Waals surface area (Å²) >= 11 is 6.08. The molecule has 1 saturated carbocycles. The number of nitrogens with one attached hydrogen (secondary N) is 1. The van der Waals surface area contributed by atoms with E-state index in [-0.39, 0.29) is 18.2 Å². The van der Waals surface area contributed by atoms with Gasteiger partial charge in [-0.15, -0.1) is 0 Å². The maximum absolute atomic E-state index is 12.5. The number of carbonyl (C=O) groups excluding carboxylic acids is 1. The van der Waals surface area contributed by atoms with Gasteiger partial charge in [0.1, 0.15) is 5.75 Å². The van der Waals surface area contributed by atoms with E-state index in [4.69, 9.17) is 21.1 Å². The van der Waals surface area contributed by atoms with Crippen LogP contribution in [-0.4, -0.2) is 42.8 Å². The van der Waals surface area contributed by atoms with E-state index >= 15 is 0 Å². The highest BCUT2D eigenvalue weighted by Gasteiger charge is 2.36. The third-order valence-electron chi connectivity index (χ3n) is 4.34. The van der Waals surface area contributed by atoms with Crippen LogP contribution in [0.15, 0.2) is 18.2 Å². The van der Waals surface area contributed by atoms with Gasteiger partial charge in [-0.25, -0.2) is 4.79 Å². The summed E-state index contributed by atoms with van der Waals surface area (Å²) < 4.78 is 11.6. The molecule has 6 heteroatoms. The van der Waals surface area contributed by atoms with E-state index in [1.165, 1.54) is 12.8 Å². The van der Waals surface area contributed by atoms with Crippen LogP contribution in [0.3, 0.4) is 0 Å². The van der Waals surface area contributed by atoms with Gasteiger partial charge in [0.05, 0.1) is 18.8 Å². The number of rotatable bonds is 5. The average molecular weight is 353 g/mol. The Kier molecular flexibility index (Phi) is 5.51. The Morgan fingerprint density at radius 2 is 2.25 bits per heavy atom. The summed E-state index contributed by atoms with van der Waals surface area (Å²) in [6, 6.07) is 5.43. The van der Waals surface area contributed by atoms with Crippen LogP contribution in [0.25, 0.3) is 0 Å². The summed E-state index contributed by atoms with van der Waals surface area (Å²) in [6.45, 7) is 6.28. The van der Waals surface area contributed by atoms with Crippen LogP contribution >= 0.6 is 11.6 Å². The van der Waals surface area contributed by atoms with Gasteiger partial charge in [0, 0.05) is 30.2 Å². The number of morpholine rings is 1. The van der Waals surface area contributed by atoms with Gasteiger partial charge in [-0.2, -0.15) is 0 Å². The molecule has 5 nitrogen and oxygen atoms in total. The topological polar surface area (TPSA) is 50.8 Å². The van der Waals surface area contributed by atoms with E-state index in [0.717, 1.165) is 11.3 Å². The van der Waals surface area contributed by atoms with Crippen molar-refractivity contribution in [1.82, 2.24) is 10.2 Å². The molecule has 1 N–H and O–H groups in total. The van der Waals surface area contributed by atoms with Crippen LogP contribution in [0.1, 0.15) is 32.3 Å². The molecule has 0 unspecified atom stereocenters. The maximum Gasteiger partial charge on any atom is 0.317 e. The minimum atomic E-state index is -0.0561. The molecule has 0 radical (unpaired) electrons. The van der Waals surface area contributed by atoms with E-state index in [0.29, 0.717) is 37.2 Å². The van der Waals surface area contributed by atoms with E-state index in [2.05, 4.69) is 5.32 Å². The van der Waals surface area contributed by atoms with Gasteiger partial charge in [-0.1, -0.05) is 11.6 Å². The zero-order valence-corrected chi connectivity index (χ0v) is 15.0. The fraction of sp³-hybridized carbons (Fsp3) is 0.611. The molecular formula is C18H25ClN2O3. The monoisotopic (exact) mass is 352 g/mol. The SMILES string of the molecule is CC(C)Oc1ccc(Cl)cc1CNC(=O)N1CCO[C@@H](C2CC2)C1. The third kappa shape index (κ3) is 4.54. The van der Waals surface area contributed by atoms with Crippen LogP contribution in [-0.2, 0) is 11.3 Å². The Morgan fingerprint density at radius 3 is 2.96 bits per heavy atom. The number of hydrogen-bond acceptors (Lipinski definition) is 3. The molecular weight excluding hydrogens is 328 g/mol. The minimum absolute atomic E-state index is 0.0561. The third-order valence-corrected chi connectivity index (χ3v) is 4.58. The highest BCUT2D eigenvalue weighted by molar-refractivity contribution is 6.30. The first kappa shape index (κ1) is 17.4.